The van der Waals surface area contributed by atoms with Crippen LogP contribution in [0.3, 0.4) is 0 Å². The molecule has 0 spiro atoms. The Bertz CT molecular complexity index is 908. The predicted octanol–water partition coefficient (Wildman–Crippen LogP) is 4.66. The van der Waals surface area contributed by atoms with Crippen molar-refractivity contribution in [2.45, 2.75) is 25.5 Å². The van der Waals surface area contributed by atoms with Gasteiger partial charge in [-0.15, -0.1) is 10.2 Å². The van der Waals surface area contributed by atoms with Crippen molar-refractivity contribution in [3.8, 4) is 11.4 Å². The average Bonchev–Trinajstić information content (AvgIpc) is 3.03. The van der Waals surface area contributed by atoms with Crippen LogP contribution in [0.4, 0.5) is 5.69 Å². The van der Waals surface area contributed by atoms with E-state index in [1.54, 1.807) is 0 Å². The lowest BCUT2D eigenvalue weighted by atomic mass is 10.2. The summed E-state index contributed by atoms with van der Waals surface area (Å²) in [7, 11) is 0. The Morgan fingerprint density at radius 2 is 1.96 bits per heavy atom. The molecule has 5 nitrogen and oxygen atoms in total. The molecule has 0 atom stereocenters. The van der Waals surface area contributed by atoms with Gasteiger partial charge in [0, 0.05) is 22.8 Å². The van der Waals surface area contributed by atoms with Crippen LogP contribution in [0.2, 0.25) is 5.02 Å². The van der Waals surface area contributed by atoms with Crippen LogP contribution in [0.5, 0.6) is 0 Å². The molecule has 0 saturated heterocycles. The number of amides is 1. The van der Waals surface area contributed by atoms with E-state index >= 15 is 0 Å². The highest BCUT2D eigenvalue weighted by molar-refractivity contribution is 7.99. The minimum atomic E-state index is -0.0701. The SMILES string of the molecule is CCn1c(SCC(=O)Nc2cccc(C)c2)nnc1-c1ccc(Cl)cc1. The molecule has 1 aromatic heterocycles. The van der Waals surface area contributed by atoms with Crippen molar-refractivity contribution >= 4 is 35.0 Å². The summed E-state index contributed by atoms with van der Waals surface area (Å²) < 4.78 is 1.99. The summed E-state index contributed by atoms with van der Waals surface area (Å²) >= 11 is 7.32. The van der Waals surface area contributed by atoms with Crippen molar-refractivity contribution in [1.82, 2.24) is 14.8 Å². The van der Waals surface area contributed by atoms with Crippen LogP contribution in [-0.4, -0.2) is 26.4 Å². The summed E-state index contributed by atoms with van der Waals surface area (Å²) in [6.45, 7) is 4.73. The number of thioether (sulfide) groups is 1. The molecule has 0 saturated carbocycles. The topological polar surface area (TPSA) is 59.8 Å². The summed E-state index contributed by atoms with van der Waals surface area (Å²) in [6, 6.07) is 15.2. The molecular formula is C19H19ClN4OS. The van der Waals surface area contributed by atoms with Crippen LogP contribution in [-0.2, 0) is 11.3 Å². The molecule has 0 aliphatic rings. The monoisotopic (exact) mass is 386 g/mol. The van der Waals surface area contributed by atoms with Gasteiger partial charge in [0.05, 0.1) is 5.75 Å². The van der Waals surface area contributed by atoms with Crippen molar-refractivity contribution in [3.63, 3.8) is 0 Å². The lowest BCUT2D eigenvalue weighted by molar-refractivity contribution is -0.113. The molecule has 26 heavy (non-hydrogen) atoms. The number of halogens is 1. The zero-order valence-electron chi connectivity index (χ0n) is 14.6. The summed E-state index contributed by atoms with van der Waals surface area (Å²) in [6.07, 6.45) is 0. The normalized spacial score (nSPS) is 10.7. The Balaban J connectivity index is 1.68. The van der Waals surface area contributed by atoms with E-state index < -0.39 is 0 Å². The van der Waals surface area contributed by atoms with E-state index in [1.807, 2.05) is 66.9 Å². The third kappa shape index (κ3) is 4.45. The number of benzene rings is 2. The maximum atomic E-state index is 12.2. The molecule has 3 aromatic rings. The molecule has 0 unspecified atom stereocenters. The second kappa shape index (κ2) is 8.38. The van der Waals surface area contributed by atoms with Crippen LogP contribution in [0, 0.1) is 6.92 Å². The molecule has 0 fully saturated rings. The molecule has 3 rings (SSSR count). The van der Waals surface area contributed by atoms with Crippen LogP contribution < -0.4 is 5.32 Å². The highest BCUT2D eigenvalue weighted by atomic mass is 35.5. The zero-order chi connectivity index (χ0) is 18.5. The van der Waals surface area contributed by atoms with Gasteiger partial charge in [0.1, 0.15) is 0 Å². The number of rotatable bonds is 6. The fourth-order valence-electron chi connectivity index (χ4n) is 2.54. The van der Waals surface area contributed by atoms with E-state index in [0.29, 0.717) is 11.6 Å². The number of hydrogen-bond acceptors (Lipinski definition) is 4. The molecule has 1 heterocycles. The third-order valence-electron chi connectivity index (χ3n) is 3.77. The van der Waals surface area contributed by atoms with Gasteiger partial charge in [0.25, 0.3) is 0 Å². The molecule has 7 heteroatoms. The van der Waals surface area contributed by atoms with E-state index in [0.717, 1.165) is 27.8 Å². The van der Waals surface area contributed by atoms with E-state index in [1.165, 1.54) is 11.8 Å². The zero-order valence-corrected chi connectivity index (χ0v) is 16.1. The molecule has 0 aliphatic carbocycles. The van der Waals surface area contributed by atoms with Gasteiger partial charge in [0.15, 0.2) is 11.0 Å². The molecule has 0 radical (unpaired) electrons. The summed E-state index contributed by atoms with van der Waals surface area (Å²) in [5, 5.41) is 12.8. The first-order valence-electron chi connectivity index (χ1n) is 8.25. The minimum absolute atomic E-state index is 0.0701. The first kappa shape index (κ1) is 18.5. The number of aryl methyl sites for hydroxylation is 1. The summed E-state index contributed by atoms with van der Waals surface area (Å²) in [5.41, 5.74) is 2.85. The number of aromatic nitrogens is 3. The number of anilines is 1. The van der Waals surface area contributed by atoms with Crippen molar-refractivity contribution in [2.75, 3.05) is 11.1 Å². The van der Waals surface area contributed by atoms with Crippen LogP contribution in [0.1, 0.15) is 12.5 Å². The van der Waals surface area contributed by atoms with Gasteiger partial charge in [0.2, 0.25) is 5.91 Å². The van der Waals surface area contributed by atoms with Gasteiger partial charge < -0.3 is 9.88 Å². The number of carbonyl (C=O) groups excluding carboxylic acids is 1. The standard InChI is InChI=1S/C19H19ClN4OS/c1-3-24-18(14-7-9-15(20)10-8-14)22-23-19(24)26-12-17(25)21-16-6-4-5-13(2)11-16/h4-11H,3,12H2,1-2H3,(H,21,25). The molecule has 0 bridgehead atoms. The number of hydrogen-bond donors (Lipinski definition) is 1. The largest absolute Gasteiger partial charge is 0.325 e. The Labute approximate surface area is 161 Å². The Morgan fingerprint density at radius 1 is 1.19 bits per heavy atom. The van der Waals surface area contributed by atoms with Crippen LogP contribution in [0.25, 0.3) is 11.4 Å². The summed E-state index contributed by atoms with van der Waals surface area (Å²) in [5.74, 6) is 0.970. The Kier molecular flexibility index (Phi) is 5.96. The first-order chi connectivity index (χ1) is 12.6. The van der Waals surface area contributed by atoms with Gasteiger partial charge in [-0.2, -0.15) is 0 Å². The van der Waals surface area contributed by atoms with Crippen molar-refractivity contribution < 1.29 is 4.79 Å². The van der Waals surface area contributed by atoms with E-state index in [4.69, 9.17) is 11.6 Å². The molecule has 134 valence electrons. The highest BCUT2D eigenvalue weighted by Gasteiger charge is 2.14. The molecule has 1 N–H and O–H groups in total. The van der Waals surface area contributed by atoms with Gasteiger partial charge >= 0.3 is 0 Å². The highest BCUT2D eigenvalue weighted by Crippen LogP contribution is 2.25. The second-order valence-electron chi connectivity index (χ2n) is 5.76. The first-order valence-corrected chi connectivity index (χ1v) is 9.61. The van der Waals surface area contributed by atoms with E-state index in [9.17, 15) is 4.79 Å². The summed E-state index contributed by atoms with van der Waals surface area (Å²) in [4.78, 5) is 12.2. The third-order valence-corrected chi connectivity index (χ3v) is 4.99. The molecule has 0 aliphatic heterocycles. The van der Waals surface area contributed by atoms with Crippen molar-refractivity contribution in [3.05, 3.63) is 59.1 Å². The van der Waals surface area contributed by atoms with Gasteiger partial charge in [-0.05, 0) is 55.8 Å². The van der Waals surface area contributed by atoms with Gasteiger partial charge in [-0.25, -0.2) is 0 Å². The number of nitrogens with one attached hydrogen (secondary N) is 1. The maximum absolute atomic E-state index is 12.2. The van der Waals surface area contributed by atoms with Gasteiger partial charge in [-0.1, -0.05) is 35.5 Å². The Morgan fingerprint density at radius 3 is 2.65 bits per heavy atom. The van der Waals surface area contributed by atoms with Crippen LogP contribution >= 0.6 is 23.4 Å². The van der Waals surface area contributed by atoms with Gasteiger partial charge in [-0.3, -0.25) is 4.79 Å². The fourth-order valence-corrected chi connectivity index (χ4v) is 3.47. The second-order valence-corrected chi connectivity index (χ2v) is 7.14. The Hall–Kier alpha value is -2.31. The molecule has 1 amide bonds. The van der Waals surface area contributed by atoms with Crippen LogP contribution in [0.15, 0.2) is 53.7 Å². The lowest BCUT2D eigenvalue weighted by Crippen LogP contribution is -2.14. The smallest absolute Gasteiger partial charge is 0.234 e. The quantitative estimate of drug-likeness (QED) is 0.626. The number of nitrogens with zero attached hydrogens (tertiary/aromatic N) is 3. The molecule has 2 aromatic carbocycles. The number of carbonyl (C=O) groups is 1. The molecular weight excluding hydrogens is 368 g/mol. The van der Waals surface area contributed by atoms with Crippen molar-refractivity contribution in [2.24, 2.45) is 0 Å². The minimum Gasteiger partial charge on any atom is -0.325 e. The average molecular weight is 387 g/mol. The van der Waals surface area contributed by atoms with Crippen molar-refractivity contribution in [1.29, 1.82) is 0 Å². The maximum Gasteiger partial charge on any atom is 0.234 e. The fraction of sp³-hybridized carbons (Fsp3) is 0.211. The lowest BCUT2D eigenvalue weighted by Gasteiger charge is -2.08. The van der Waals surface area contributed by atoms with E-state index in [2.05, 4.69) is 15.5 Å². The predicted molar refractivity (Wildman–Crippen MR) is 107 cm³/mol. The van der Waals surface area contributed by atoms with E-state index in [-0.39, 0.29) is 11.7 Å².